The summed E-state index contributed by atoms with van der Waals surface area (Å²) < 4.78 is 0. The normalized spacial score (nSPS) is 10.7. The van der Waals surface area contributed by atoms with E-state index in [1.54, 1.807) is 18.2 Å². The van der Waals surface area contributed by atoms with E-state index >= 15 is 0 Å². The summed E-state index contributed by atoms with van der Waals surface area (Å²) in [7, 11) is 0. The molecule has 13 heavy (non-hydrogen) atoms. The van der Waals surface area contributed by atoms with E-state index in [1.807, 2.05) is 0 Å². The number of nitrogens with zero attached hydrogens (tertiary/aromatic N) is 2. The molecule has 0 fully saturated rings. The molecule has 0 atom stereocenters. The molecule has 0 saturated heterocycles. The predicted molar refractivity (Wildman–Crippen MR) is 54.6 cm³/mol. The van der Waals surface area contributed by atoms with E-state index in [9.17, 15) is 0 Å². The van der Waals surface area contributed by atoms with Gasteiger partial charge >= 0.3 is 0 Å². The van der Waals surface area contributed by atoms with Gasteiger partial charge in [0.2, 0.25) is 0 Å². The molecule has 66 valence electrons. The van der Waals surface area contributed by atoms with E-state index in [2.05, 4.69) is 9.97 Å². The highest BCUT2D eigenvalue weighted by atomic mass is 35.5. The average Bonchev–Trinajstić information content (AvgIpc) is 2.08. The predicted octanol–water partition coefficient (Wildman–Crippen LogP) is 3.59. The quantitative estimate of drug-likeness (QED) is 0.650. The van der Waals surface area contributed by atoms with Crippen molar-refractivity contribution in [1.29, 1.82) is 0 Å². The van der Waals surface area contributed by atoms with Gasteiger partial charge in [0.15, 0.2) is 5.65 Å². The van der Waals surface area contributed by atoms with Crippen LogP contribution < -0.4 is 0 Å². The van der Waals surface area contributed by atoms with Gasteiger partial charge in [0.1, 0.15) is 10.3 Å². The molecule has 0 unspecified atom stereocenters. The lowest BCUT2D eigenvalue weighted by Crippen LogP contribution is -1.85. The molecule has 5 heteroatoms. The van der Waals surface area contributed by atoms with E-state index in [-0.39, 0.29) is 5.15 Å². The van der Waals surface area contributed by atoms with Gasteiger partial charge < -0.3 is 0 Å². The molecule has 0 N–H and O–H groups in total. The van der Waals surface area contributed by atoms with Crippen LogP contribution in [-0.4, -0.2) is 9.97 Å². The van der Waals surface area contributed by atoms with Crippen molar-refractivity contribution in [2.75, 3.05) is 0 Å². The van der Waals surface area contributed by atoms with E-state index in [0.717, 1.165) is 5.39 Å². The third-order valence-corrected chi connectivity index (χ3v) is 2.44. The Bertz CT molecular complexity index is 470. The molecular weight excluding hydrogens is 230 g/mol. The zero-order valence-electron chi connectivity index (χ0n) is 6.26. The molecule has 0 aliphatic rings. The third-order valence-electron chi connectivity index (χ3n) is 1.55. The van der Waals surface area contributed by atoms with Gasteiger partial charge in [-0.3, -0.25) is 0 Å². The maximum Gasteiger partial charge on any atom is 0.162 e. The number of halogens is 3. The summed E-state index contributed by atoms with van der Waals surface area (Å²) in [5.74, 6) is 0. The molecular formula is C8H3Cl3N2. The minimum Gasteiger partial charge on any atom is -0.216 e. The summed E-state index contributed by atoms with van der Waals surface area (Å²) in [6.07, 6.45) is 0. The van der Waals surface area contributed by atoms with Crippen molar-refractivity contribution in [3.05, 3.63) is 33.5 Å². The van der Waals surface area contributed by atoms with Gasteiger partial charge in [0, 0.05) is 5.39 Å². The van der Waals surface area contributed by atoms with Crippen molar-refractivity contribution in [3.8, 4) is 0 Å². The first-order valence-electron chi connectivity index (χ1n) is 3.45. The second kappa shape index (κ2) is 3.29. The monoisotopic (exact) mass is 232 g/mol. The van der Waals surface area contributed by atoms with Crippen LogP contribution >= 0.6 is 34.8 Å². The van der Waals surface area contributed by atoms with Gasteiger partial charge in [-0.05, 0) is 18.2 Å². The molecule has 2 nitrogen and oxygen atoms in total. The number of pyridine rings is 2. The molecule has 0 aliphatic carbocycles. The van der Waals surface area contributed by atoms with Gasteiger partial charge in [0.05, 0.1) is 5.02 Å². The highest BCUT2D eigenvalue weighted by molar-refractivity contribution is 6.41. The fourth-order valence-electron chi connectivity index (χ4n) is 0.981. The molecule has 0 bridgehead atoms. The van der Waals surface area contributed by atoms with Crippen LogP contribution in [0.5, 0.6) is 0 Å². The number of aromatic nitrogens is 2. The van der Waals surface area contributed by atoms with E-state index < -0.39 is 0 Å². The second-order valence-electron chi connectivity index (χ2n) is 2.44. The third kappa shape index (κ3) is 1.70. The topological polar surface area (TPSA) is 25.8 Å². The van der Waals surface area contributed by atoms with E-state index in [1.165, 1.54) is 0 Å². The second-order valence-corrected chi connectivity index (χ2v) is 3.59. The van der Waals surface area contributed by atoms with Crippen molar-refractivity contribution in [3.63, 3.8) is 0 Å². The Balaban J connectivity index is 2.81. The Morgan fingerprint density at radius 2 is 1.77 bits per heavy atom. The first kappa shape index (κ1) is 9.00. The molecule has 0 amide bonds. The first-order chi connectivity index (χ1) is 6.16. The van der Waals surface area contributed by atoms with Gasteiger partial charge in [-0.2, -0.15) is 0 Å². The molecule has 2 rings (SSSR count). The maximum atomic E-state index is 5.77. The van der Waals surface area contributed by atoms with Gasteiger partial charge in [-0.15, -0.1) is 0 Å². The summed E-state index contributed by atoms with van der Waals surface area (Å²) in [5, 5.41) is 1.86. The highest BCUT2D eigenvalue weighted by Gasteiger charge is 2.03. The summed E-state index contributed by atoms with van der Waals surface area (Å²) in [6, 6.07) is 5.17. The maximum absolute atomic E-state index is 5.77. The van der Waals surface area contributed by atoms with Crippen LogP contribution in [0.2, 0.25) is 15.3 Å². The summed E-state index contributed by atoms with van der Waals surface area (Å²) in [6.45, 7) is 0. The largest absolute Gasteiger partial charge is 0.216 e. The van der Waals surface area contributed by atoms with Crippen LogP contribution in [0.4, 0.5) is 0 Å². The lowest BCUT2D eigenvalue weighted by atomic mass is 10.3. The lowest BCUT2D eigenvalue weighted by Gasteiger charge is -1.98. The minimum absolute atomic E-state index is 0.240. The molecule has 0 radical (unpaired) electrons. The Morgan fingerprint density at radius 1 is 1.00 bits per heavy atom. The van der Waals surface area contributed by atoms with Crippen molar-refractivity contribution in [2.24, 2.45) is 0 Å². The van der Waals surface area contributed by atoms with Gasteiger partial charge in [-0.25, -0.2) is 9.97 Å². The van der Waals surface area contributed by atoms with Crippen molar-refractivity contribution in [1.82, 2.24) is 9.97 Å². The van der Waals surface area contributed by atoms with E-state index in [0.29, 0.717) is 15.8 Å². The molecule has 2 heterocycles. The van der Waals surface area contributed by atoms with Crippen LogP contribution in [0.25, 0.3) is 11.0 Å². The molecule has 0 aromatic carbocycles. The van der Waals surface area contributed by atoms with Crippen molar-refractivity contribution < 1.29 is 0 Å². The fourth-order valence-corrected chi connectivity index (χ4v) is 1.42. The Labute approximate surface area is 89.5 Å². The number of hydrogen-bond acceptors (Lipinski definition) is 2. The first-order valence-corrected chi connectivity index (χ1v) is 4.58. The zero-order valence-corrected chi connectivity index (χ0v) is 8.53. The van der Waals surface area contributed by atoms with Crippen LogP contribution in [0, 0.1) is 0 Å². The number of hydrogen-bond donors (Lipinski definition) is 0. The summed E-state index contributed by atoms with van der Waals surface area (Å²) in [5.41, 5.74) is 0.502. The van der Waals surface area contributed by atoms with Crippen LogP contribution in [0.1, 0.15) is 0 Å². The Morgan fingerprint density at radius 3 is 2.54 bits per heavy atom. The smallest absolute Gasteiger partial charge is 0.162 e. The SMILES string of the molecule is Clc1ccc2cc(Cl)c(Cl)nc2n1. The standard InChI is InChI=1S/C8H3Cl3N2/c9-5-3-4-1-2-6(10)12-8(4)13-7(5)11/h1-3H. The Hall–Kier alpha value is -0.570. The Kier molecular flexibility index (Phi) is 2.28. The van der Waals surface area contributed by atoms with Crippen molar-refractivity contribution >= 4 is 45.8 Å². The molecule has 0 saturated carbocycles. The molecule has 0 spiro atoms. The summed E-state index contributed by atoms with van der Waals surface area (Å²) in [4.78, 5) is 7.96. The summed E-state index contributed by atoms with van der Waals surface area (Å²) >= 11 is 17.2. The number of fused-ring (bicyclic) bond motifs is 1. The highest BCUT2D eigenvalue weighted by Crippen LogP contribution is 2.24. The van der Waals surface area contributed by atoms with Crippen molar-refractivity contribution in [2.45, 2.75) is 0 Å². The minimum atomic E-state index is 0.240. The van der Waals surface area contributed by atoms with Gasteiger partial charge in [-0.1, -0.05) is 34.8 Å². The van der Waals surface area contributed by atoms with Gasteiger partial charge in [0.25, 0.3) is 0 Å². The molecule has 2 aromatic heterocycles. The van der Waals surface area contributed by atoms with Crippen LogP contribution in [0.3, 0.4) is 0 Å². The van der Waals surface area contributed by atoms with Crippen LogP contribution in [-0.2, 0) is 0 Å². The molecule has 0 aliphatic heterocycles. The average molecular weight is 233 g/mol. The van der Waals surface area contributed by atoms with E-state index in [4.69, 9.17) is 34.8 Å². The van der Waals surface area contributed by atoms with Crippen LogP contribution in [0.15, 0.2) is 18.2 Å². The fraction of sp³-hybridized carbons (Fsp3) is 0. The zero-order chi connectivity index (χ0) is 9.42. The molecule has 2 aromatic rings. The lowest BCUT2D eigenvalue weighted by molar-refractivity contribution is 1.29. The number of rotatable bonds is 0.